The minimum absolute atomic E-state index is 0. The molecule has 0 N–H and O–H groups in total. The number of hydrogen-bond acceptors (Lipinski definition) is 0. The molecule has 6 rings (SSSR count). The second-order valence-electron chi connectivity index (χ2n) is 10.4. The van der Waals surface area contributed by atoms with E-state index in [-0.39, 0.29) is 24.8 Å². The molecule has 0 spiro atoms. The topological polar surface area (TPSA) is 0 Å². The van der Waals surface area contributed by atoms with Crippen LogP contribution in [0.4, 0.5) is 0 Å². The molecular formula is C33H40Cl2Zr-2. The van der Waals surface area contributed by atoms with E-state index >= 15 is 0 Å². The van der Waals surface area contributed by atoms with Gasteiger partial charge < -0.3 is 24.8 Å². The summed E-state index contributed by atoms with van der Waals surface area (Å²) in [5.74, 6) is 2.15. The number of hydrogen-bond donors (Lipinski definition) is 0. The van der Waals surface area contributed by atoms with Crippen LogP contribution in [0.25, 0.3) is 11.1 Å². The Balaban J connectivity index is 0.000000205. The van der Waals surface area contributed by atoms with Gasteiger partial charge in [-0.3, -0.25) is 6.08 Å². The maximum Gasteiger partial charge on any atom is -0.0253 e. The molecule has 0 aromatic heterocycles. The third-order valence-electron chi connectivity index (χ3n) is 7.72. The minimum atomic E-state index is 0. The number of rotatable bonds is 4. The van der Waals surface area contributed by atoms with Crippen LogP contribution >= 0.6 is 0 Å². The Morgan fingerprint density at radius 1 is 0.778 bits per heavy atom. The van der Waals surface area contributed by atoms with E-state index < -0.39 is 0 Å². The third kappa shape index (κ3) is 10.2. The molecule has 0 atom stereocenters. The Morgan fingerprint density at radius 3 is 1.94 bits per heavy atom. The summed E-state index contributed by atoms with van der Waals surface area (Å²) in [6, 6.07) is 18.1. The zero-order chi connectivity index (χ0) is 23.4. The molecule has 2 aromatic carbocycles. The maximum atomic E-state index is 3.30. The van der Waals surface area contributed by atoms with Crippen molar-refractivity contribution in [2.45, 2.75) is 89.9 Å². The van der Waals surface area contributed by atoms with E-state index in [1.165, 1.54) is 99.3 Å². The molecule has 2 fully saturated rings. The number of halogens is 2. The molecular weight excluding hydrogens is 558 g/mol. The molecule has 4 aliphatic rings. The second-order valence-corrected chi connectivity index (χ2v) is 12.2. The van der Waals surface area contributed by atoms with Crippen LogP contribution < -0.4 is 24.8 Å². The molecule has 4 aliphatic carbocycles. The van der Waals surface area contributed by atoms with Crippen LogP contribution in [-0.4, -0.2) is 3.21 Å². The first-order valence-corrected chi connectivity index (χ1v) is 14.9. The Hall–Kier alpha value is -0.747. The summed E-state index contributed by atoms with van der Waals surface area (Å²) in [5, 5.41) is 0. The van der Waals surface area contributed by atoms with Gasteiger partial charge in [0.05, 0.1) is 0 Å². The maximum absolute atomic E-state index is 3.30. The molecule has 2 saturated carbocycles. The Bertz CT molecular complexity index is 890. The van der Waals surface area contributed by atoms with Gasteiger partial charge in [-0.1, -0.05) is 35.4 Å². The molecule has 2 aromatic rings. The van der Waals surface area contributed by atoms with Gasteiger partial charge in [-0.2, -0.15) is 35.9 Å². The van der Waals surface area contributed by atoms with Crippen molar-refractivity contribution in [2.75, 3.05) is 0 Å². The molecule has 0 unspecified atom stereocenters. The quantitative estimate of drug-likeness (QED) is 0.406. The molecule has 0 nitrogen and oxygen atoms in total. The Labute approximate surface area is 247 Å². The second kappa shape index (κ2) is 17.7. The van der Waals surface area contributed by atoms with Crippen molar-refractivity contribution in [3.05, 3.63) is 84.0 Å². The predicted octanol–water partition coefficient (Wildman–Crippen LogP) is 3.02. The molecule has 0 heterocycles. The fourth-order valence-electron chi connectivity index (χ4n) is 5.90. The SMILES string of the molecule is [C-]1=CC=CC1.[Cl-].[Cl-].[Zr+2]=[C](CC1CCCCC1)CC1CCCCC1.[c-]1cccc2c1Cc1ccccc1-2. The monoisotopic (exact) mass is 596 g/mol. The molecule has 0 bridgehead atoms. The Morgan fingerprint density at radius 2 is 1.39 bits per heavy atom. The summed E-state index contributed by atoms with van der Waals surface area (Å²) in [7, 11) is 0. The summed E-state index contributed by atoms with van der Waals surface area (Å²) < 4.78 is 1.91. The van der Waals surface area contributed by atoms with Gasteiger partial charge in [-0.05, 0) is 6.42 Å². The van der Waals surface area contributed by atoms with Gasteiger partial charge in [-0.15, -0.1) is 12.0 Å². The summed E-state index contributed by atoms with van der Waals surface area (Å²) in [5.41, 5.74) is 5.51. The van der Waals surface area contributed by atoms with Gasteiger partial charge in [0.2, 0.25) is 0 Å². The van der Waals surface area contributed by atoms with Gasteiger partial charge >= 0.3 is 116 Å². The average molecular weight is 599 g/mol. The van der Waals surface area contributed by atoms with Crippen molar-refractivity contribution in [2.24, 2.45) is 11.8 Å². The van der Waals surface area contributed by atoms with Crippen LogP contribution in [0.1, 0.15) is 94.6 Å². The zero-order valence-corrected chi connectivity index (χ0v) is 25.6. The van der Waals surface area contributed by atoms with E-state index in [9.17, 15) is 0 Å². The third-order valence-corrected chi connectivity index (χ3v) is 8.73. The van der Waals surface area contributed by atoms with Crippen molar-refractivity contribution in [3.8, 4) is 11.1 Å². The van der Waals surface area contributed by atoms with Crippen LogP contribution in [0.5, 0.6) is 0 Å². The molecule has 36 heavy (non-hydrogen) atoms. The molecule has 3 heteroatoms. The number of allylic oxidation sites excluding steroid dienone is 4. The minimum Gasteiger partial charge on any atom is -0.179 e. The van der Waals surface area contributed by atoms with Crippen molar-refractivity contribution in [1.82, 2.24) is 0 Å². The van der Waals surface area contributed by atoms with E-state index in [2.05, 4.69) is 54.6 Å². The van der Waals surface area contributed by atoms with Crippen molar-refractivity contribution >= 4 is 3.21 Å². The van der Waals surface area contributed by atoms with Crippen LogP contribution in [0.3, 0.4) is 0 Å². The van der Waals surface area contributed by atoms with Gasteiger partial charge in [0.15, 0.2) is 0 Å². The summed E-state index contributed by atoms with van der Waals surface area (Å²) >= 11 is 1.75. The largest absolute Gasteiger partial charge is 0.179 e. The van der Waals surface area contributed by atoms with Crippen LogP contribution in [0, 0.1) is 24.0 Å². The van der Waals surface area contributed by atoms with E-state index in [1.807, 2.05) is 21.4 Å². The van der Waals surface area contributed by atoms with E-state index in [4.69, 9.17) is 0 Å². The van der Waals surface area contributed by atoms with Gasteiger partial charge in [-0.25, -0.2) is 12.2 Å². The normalized spacial score (nSPS) is 17.8. The smallest absolute Gasteiger partial charge is 0.0253 e. The fraction of sp³-hybridized carbons (Fsp3) is 0.485. The summed E-state index contributed by atoms with van der Waals surface area (Å²) in [6.45, 7) is 0. The molecule has 192 valence electrons. The molecule has 0 radical (unpaired) electrons. The van der Waals surface area contributed by atoms with Gasteiger partial charge in [0.1, 0.15) is 0 Å². The van der Waals surface area contributed by atoms with Crippen LogP contribution in [0.15, 0.2) is 60.7 Å². The number of benzene rings is 2. The zero-order valence-electron chi connectivity index (χ0n) is 21.6. The Kier molecular flexibility index (Phi) is 15.5. The average Bonchev–Trinajstić information content (AvgIpc) is 3.58. The molecule has 0 aliphatic heterocycles. The predicted molar refractivity (Wildman–Crippen MR) is 142 cm³/mol. The standard InChI is InChI=1S/C15H26.C13H9.C5H5.2ClH.Zr/c1-3-8-14(9-4-1)12-7-13-15-10-5-2-6-11-15;1-3-7-12-10(5-1)9-11-6-2-4-8-13(11)12;1-2-4-5-3-1;;;/h14-15H,1-6,8-13H2;1-5,7-8H,9H2;1-3H,4H2;2*1H;/q;2*-1;;;+2/p-2. The fourth-order valence-corrected chi connectivity index (χ4v) is 7.32. The first kappa shape index (κ1) is 31.5. The summed E-state index contributed by atoms with van der Waals surface area (Å²) in [4.78, 5) is 0. The first-order chi connectivity index (χ1) is 16.8. The van der Waals surface area contributed by atoms with Crippen molar-refractivity contribution in [1.29, 1.82) is 0 Å². The van der Waals surface area contributed by atoms with Gasteiger partial charge in [0, 0.05) is 0 Å². The van der Waals surface area contributed by atoms with E-state index in [1.54, 1.807) is 24.2 Å². The van der Waals surface area contributed by atoms with E-state index in [0.29, 0.717) is 0 Å². The van der Waals surface area contributed by atoms with Crippen LogP contribution in [0.2, 0.25) is 0 Å². The van der Waals surface area contributed by atoms with E-state index in [0.717, 1.165) is 24.7 Å². The molecule has 0 saturated heterocycles. The van der Waals surface area contributed by atoms with Gasteiger partial charge in [0.25, 0.3) is 0 Å². The van der Waals surface area contributed by atoms with Crippen molar-refractivity contribution < 1.29 is 49.0 Å². The number of fused-ring (bicyclic) bond motifs is 3. The van der Waals surface area contributed by atoms with Crippen molar-refractivity contribution in [3.63, 3.8) is 0 Å². The first-order valence-electron chi connectivity index (χ1n) is 13.7. The summed E-state index contributed by atoms with van der Waals surface area (Å²) in [6.07, 6.45) is 29.2. The van der Waals surface area contributed by atoms with Crippen LogP contribution in [-0.2, 0) is 30.7 Å². The molecule has 0 amide bonds.